The molecule has 2 aromatic heterocycles. The van der Waals surface area contributed by atoms with Crippen LogP contribution in [0.1, 0.15) is 44.2 Å². The molecule has 0 aliphatic carbocycles. The molecule has 0 saturated heterocycles. The van der Waals surface area contributed by atoms with E-state index < -0.39 is 0 Å². The first-order chi connectivity index (χ1) is 12.1. The summed E-state index contributed by atoms with van der Waals surface area (Å²) in [6.45, 7) is 6.00. The second-order valence-corrected chi connectivity index (χ2v) is 7.84. The van der Waals surface area contributed by atoms with Gasteiger partial charge in [0.2, 0.25) is 0 Å². The van der Waals surface area contributed by atoms with Crippen LogP contribution in [0.25, 0.3) is 10.2 Å². The minimum absolute atomic E-state index is 0.213. The number of rotatable bonds is 8. The lowest BCUT2D eigenvalue weighted by molar-refractivity contribution is 0.194. The molecule has 1 aromatic carbocycles. The van der Waals surface area contributed by atoms with E-state index >= 15 is 0 Å². The molecule has 0 radical (unpaired) electrons. The molecule has 0 fully saturated rings. The second-order valence-electron chi connectivity index (χ2n) is 6.41. The molecule has 7 heteroatoms. The van der Waals surface area contributed by atoms with Crippen LogP contribution in [0.5, 0.6) is 0 Å². The lowest BCUT2D eigenvalue weighted by Gasteiger charge is -2.22. The number of fused-ring (bicyclic) bond motifs is 1. The first-order valence-corrected chi connectivity index (χ1v) is 10.0. The van der Waals surface area contributed by atoms with Crippen LogP contribution in [-0.4, -0.2) is 31.3 Å². The molecule has 0 aliphatic heterocycles. The second kappa shape index (κ2) is 8.21. The summed E-state index contributed by atoms with van der Waals surface area (Å²) in [5.74, 6) is 0. The molecule has 0 aliphatic rings. The van der Waals surface area contributed by atoms with Gasteiger partial charge in [-0.1, -0.05) is 31.9 Å². The maximum atomic E-state index is 5.57. The number of aryl methyl sites for hydroxylation is 1. The Kier molecular flexibility index (Phi) is 5.98. The summed E-state index contributed by atoms with van der Waals surface area (Å²) in [6, 6.07) is 8.49. The minimum atomic E-state index is 0.213. The van der Waals surface area contributed by atoms with Crippen molar-refractivity contribution in [3.8, 4) is 0 Å². The summed E-state index contributed by atoms with van der Waals surface area (Å²) < 4.78 is 5.99. The van der Waals surface area contributed by atoms with Crippen molar-refractivity contribution in [3.63, 3.8) is 0 Å². The standard InChI is InChI=1S/C18H25N5S2/c1-4-5-8-11-22-12-19-23(18(22)24)13-21(3)14(2)17-20-15-9-6-7-10-16(15)25-17/h6-7,9-10,12,14H,4-5,8,11,13H2,1-3H3/t14-/m1/s1. The SMILES string of the molecule is CCCCCn1cnn(CN(C)[C@H](C)c2nc3ccccc3s2)c1=S. The van der Waals surface area contributed by atoms with Gasteiger partial charge in [-0.05, 0) is 44.7 Å². The van der Waals surface area contributed by atoms with Crippen molar-refractivity contribution in [1.82, 2.24) is 24.2 Å². The van der Waals surface area contributed by atoms with E-state index in [1.165, 1.54) is 17.5 Å². The summed E-state index contributed by atoms with van der Waals surface area (Å²) in [5.41, 5.74) is 1.07. The van der Waals surface area contributed by atoms with Crippen molar-refractivity contribution in [2.24, 2.45) is 0 Å². The normalized spacial score (nSPS) is 13.0. The van der Waals surface area contributed by atoms with E-state index in [9.17, 15) is 0 Å². The maximum absolute atomic E-state index is 5.57. The van der Waals surface area contributed by atoms with Crippen molar-refractivity contribution in [1.29, 1.82) is 0 Å². The molecule has 25 heavy (non-hydrogen) atoms. The molecule has 0 spiro atoms. The van der Waals surface area contributed by atoms with Crippen LogP contribution in [0.2, 0.25) is 0 Å². The van der Waals surface area contributed by atoms with Crippen molar-refractivity contribution in [3.05, 3.63) is 40.4 Å². The quantitative estimate of drug-likeness (QED) is 0.416. The molecule has 1 atom stereocenters. The fraction of sp³-hybridized carbons (Fsp3) is 0.500. The van der Waals surface area contributed by atoms with E-state index in [1.807, 2.05) is 17.1 Å². The zero-order valence-corrected chi connectivity index (χ0v) is 16.7. The Labute approximate surface area is 157 Å². The smallest absolute Gasteiger partial charge is 0.198 e. The molecule has 0 unspecified atom stereocenters. The number of aromatic nitrogens is 4. The van der Waals surface area contributed by atoms with Crippen molar-refractivity contribution < 1.29 is 0 Å². The van der Waals surface area contributed by atoms with E-state index in [0.29, 0.717) is 6.67 Å². The van der Waals surface area contributed by atoms with Crippen LogP contribution < -0.4 is 0 Å². The summed E-state index contributed by atoms with van der Waals surface area (Å²) in [4.78, 5) is 7.00. The monoisotopic (exact) mass is 375 g/mol. The summed E-state index contributed by atoms with van der Waals surface area (Å²) in [6.07, 6.45) is 5.44. The van der Waals surface area contributed by atoms with Gasteiger partial charge in [-0.2, -0.15) is 5.10 Å². The van der Waals surface area contributed by atoms with Crippen LogP contribution in [0.3, 0.4) is 0 Å². The Balaban J connectivity index is 1.69. The first-order valence-electron chi connectivity index (χ1n) is 8.78. The molecule has 0 N–H and O–H groups in total. The number of unbranched alkanes of at least 4 members (excludes halogenated alkanes) is 2. The van der Waals surface area contributed by atoms with Gasteiger partial charge in [-0.3, -0.25) is 4.90 Å². The number of nitrogens with zero attached hydrogens (tertiary/aromatic N) is 5. The molecule has 0 bridgehead atoms. The molecular formula is C18H25N5S2. The Morgan fingerprint density at radius 3 is 2.84 bits per heavy atom. The highest BCUT2D eigenvalue weighted by atomic mass is 32.1. The molecule has 134 valence electrons. The van der Waals surface area contributed by atoms with E-state index in [4.69, 9.17) is 17.2 Å². The highest BCUT2D eigenvalue weighted by molar-refractivity contribution is 7.71. The molecule has 0 saturated carbocycles. The Morgan fingerprint density at radius 2 is 2.08 bits per heavy atom. The van der Waals surface area contributed by atoms with E-state index in [-0.39, 0.29) is 6.04 Å². The number of thiazole rings is 1. The molecule has 3 rings (SSSR count). The van der Waals surface area contributed by atoms with Crippen molar-refractivity contribution >= 4 is 33.8 Å². The fourth-order valence-electron chi connectivity index (χ4n) is 2.75. The molecule has 2 heterocycles. The zero-order chi connectivity index (χ0) is 17.8. The van der Waals surface area contributed by atoms with Crippen molar-refractivity contribution in [2.45, 2.75) is 52.4 Å². The summed E-state index contributed by atoms with van der Waals surface area (Å²) in [5, 5.41) is 5.59. The molecular weight excluding hydrogens is 350 g/mol. The third-order valence-corrected chi connectivity index (χ3v) is 6.14. The number of para-hydroxylation sites is 1. The highest BCUT2D eigenvalue weighted by Gasteiger charge is 2.17. The molecule has 3 aromatic rings. The Hall–Kier alpha value is -1.57. The van der Waals surface area contributed by atoms with Gasteiger partial charge in [0, 0.05) is 6.54 Å². The highest BCUT2D eigenvalue weighted by Crippen LogP contribution is 2.28. The van der Waals surface area contributed by atoms with E-state index in [2.05, 4.69) is 53.7 Å². The van der Waals surface area contributed by atoms with Crippen LogP contribution in [0.15, 0.2) is 30.6 Å². The first kappa shape index (κ1) is 18.2. The molecule has 0 amide bonds. The van der Waals surface area contributed by atoms with Gasteiger partial charge in [0.05, 0.1) is 22.9 Å². The number of benzene rings is 1. The van der Waals surface area contributed by atoms with E-state index in [1.54, 1.807) is 11.3 Å². The third kappa shape index (κ3) is 4.16. The van der Waals surface area contributed by atoms with Gasteiger partial charge in [0.15, 0.2) is 4.77 Å². The predicted octanol–water partition coefficient (Wildman–Crippen LogP) is 4.86. The van der Waals surface area contributed by atoms with Gasteiger partial charge < -0.3 is 4.57 Å². The van der Waals surface area contributed by atoms with Gasteiger partial charge in [0.25, 0.3) is 0 Å². The van der Waals surface area contributed by atoms with Crippen LogP contribution in [-0.2, 0) is 13.2 Å². The molecule has 5 nitrogen and oxygen atoms in total. The van der Waals surface area contributed by atoms with Crippen LogP contribution in [0, 0.1) is 4.77 Å². The number of hydrogen-bond acceptors (Lipinski definition) is 5. The van der Waals surface area contributed by atoms with E-state index in [0.717, 1.165) is 28.3 Å². The average molecular weight is 376 g/mol. The topological polar surface area (TPSA) is 38.9 Å². The van der Waals surface area contributed by atoms with Crippen LogP contribution in [0.4, 0.5) is 0 Å². The van der Waals surface area contributed by atoms with Crippen molar-refractivity contribution in [2.75, 3.05) is 7.05 Å². The fourth-order valence-corrected chi connectivity index (χ4v) is 4.07. The largest absolute Gasteiger partial charge is 0.307 e. The van der Waals surface area contributed by atoms with Crippen LogP contribution >= 0.6 is 23.6 Å². The zero-order valence-electron chi connectivity index (χ0n) is 15.1. The minimum Gasteiger partial charge on any atom is -0.307 e. The van der Waals surface area contributed by atoms with Gasteiger partial charge in [0.1, 0.15) is 11.3 Å². The predicted molar refractivity (Wildman–Crippen MR) is 106 cm³/mol. The lowest BCUT2D eigenvalue weighted by atomic mass is 10.2. The number of hydrogen-bond donors (Lipinski definition) is 0. The summed E-state index contributed by atoms with van der Waals surface area (Å²) >= 11 is 7.33. The van der Waals surface area contributed by atoms with Gasteiger partial charge in [-0.15, -0.1) is 11.3 Å². The average Bonchev–Trinajstić information content (AvgIpc) is 3.19. The Morgan fingerprint density at radius 1 is 1.28 bits per heavy atom. The van der Waals surface area contributed by atoms with Gasteiger partial charge in [-0.25, -0.2) is 9.67 Å². The third-order valence-electron chi connectivity index (χ3n) is 4.49. The summed E-state index contributed by atoms with van der Waals surface area (Å²) in [7, 11) is 2.09. The Bertz CT molecular complexity index is 846. The maximum Gasteiger partial charge on any atom is 0.198 e. The van der Waals surface area contributed by atoms with Gasteiger partial charge >= 0.3 is 0 Å². The lowest BCUT2D eigenvalue weighted by Crippen LogP contribution is -2.26.